The molecule has 0 radical (unpaired) electrons. The molecule has 2 aliphatic carbocycles. The Labute approximate surface area is 178 Å². The summed E-state index contributed by atoms with van der Waals surface area (Å²) in [5, 5.41) is 0. The van der Waals surface area contributed by atoms with Gasteiger partial charge in [-0.25, -0.2) is 8.78 Å². The molecule has 0 aliphatic heterocycles. The van der Waals surface area contributed by atoms with Crippen LogP contribution < -0.4 is 0 Å². The SMILES string of the molecule is CCOC1CCC2CC(c3ccc(C#Cc4ccc(C)c(F)c4)cc3F)CCC2C1. The topological polar surface area (TPSA) is 9.23 Å². The molecule has 0 N–H and O–H groups in total. The maximum atomic E-state index is 14.9. The molecule has 0 aromatic heterocycles. The highest BCUT2D eigenvalue weighted by Crippen LogP contribution is 2.47. The lowest BCUT2D eigenvalue weighted by Crippen LogP contribution is -2.33. The molecule has 4 unspecified atom stereocenters. The van der Waals surface area contributed by atoms with Crippen molar-refractivity contribution in [2.75, 3.05) is 6.61 Å². The molecule has 2 fully saturated rings. The summed E-state index contributed by atoms with van der Waals surface area (Å²) in [6.45, 7) is 4.58. The second kappa shape index (κ2) is 9.31. The maximum Gasteiger partial charge on any atom is 0.127 e. The Kier molecular flexibility index (Phi) is 6.54. The van der Waals surface area contributed by atoms with Crippen LogP contribution in [0.1, 0.15) is 73.6 Å². The Morgan fingerprint density at radius 3 is 2.23 bits per heavy atom. The van der Waals surface area contributed by atoms with E-state index in [1.807, 2.05) is 12.1 Å². The van der Waals surface area contributed by atoms with E-state index >= 15 is 0 Å². The minimum Gasteiger partial charge on any atom is -0.378 e. The van der Waals surface area contributed by atoms with E-state index < -0.39 is 0 Å². The lowest BCUT2D eigenvalue weighted by Gasteiger charge is -2.42. The number of fused-ring (bicyclic) bond motifs is 1. The molecule has 2 aromatic rings. The molecule has 0 amide bonds. The van der Waals surface area contributed by atoms with Crippen LogP contribution in [0.25, 0.3) is 0 Å². The fraction of sp³-hybridized carbons (Fsp3) is 0.481. The average molecular weight is 409 g/mol. The third-order valence-corrected chi connectivity index (χ3v) is 6.93. The molecule has 2 aliphatic rings. The molecule has 4 rings (SSSR count). The van der Waals surface area contributed by atoms with Gasteiger partial charge in [0.1, 0.15) is 11.6 Å². The van der Waals surface area contributed by atoms with E-state index in [1.165, 1.54) is 31.4 Å². The summed E-state index contributed by atoms with van der Waals surface area (Å²) in [6, 6.07) is 10.3. The van der Waals surface area contributed by atoms with Gasteiger partial charge >= 0.3 is 0 Å². The summed E-state index contributed by atoms with van der Waals surface area (Å²) in [4.78, 5) is 0. The zero-order valence-corrected chi connectivity index (χ0v) is 17.9. The second-order valence-electron chi connectivity index (χ2n) is 8.87. The van der Waals surface area contributed by atoms with E-state index in [1.54, 1.807) is 19.1 Å². The number of benzene rings is 2. The van der Waals surface area contributed by atoms with Gasteiger partial charge in [0.2, 0.25) is 0 Å². The molecule has 0 spiro atoms. The molecule has 0 heterocycles. The van der Waals surface area contributed by atoms with Crippen molar-refractivity contribution in [3.05, 3.63) is 70.3 Å². The van der Waals surface area contributed by atoms with E-state index in [2.05, 4.69) is 18.8 Å². The van der Waals surface area contributed by atoms with Crippen LogP contribution in [0.4, 0.5) is 8.78 Å². The van der Waals surface area contributed by atoms with Crippen LogP contribution in [0.2, 0.25) is 0 Å². The number of aryl methyl sites for hydroxylation is 1. The van der Waals surface area contributed by atoms with Crippen LogP contribution in [-0.4, -0.2) is 12.7 Å². The van der Waals surface area contributed by atoms with Crippen molar-refractivity contribution >= 4 is 0 Å². The summed E-state index contributed by atoms with van der Waals surface area (Å²) >= 11 is 0. The van der Waals surface area contributed by atoms with Crippen LogP contribution >= 0.6 is 0 Å². The van der Waals surface area contributed by atoms with Crippen molar-refractivity contribution in [3.63, 3.8) is 0 Å². The number of rotatable bonds is 3. The predicted molar refractivity (Wildman–Crippen MR) is 116 cm³/mol. The lowest BCUT2D eigenvalue weighted by molar-refractivity contribution is -0.00968. The molecule has 0 bridgehead atoms. The van der Waals surface area contributed by atoms with Gasteiger partial charge in [-0.2, -0.15) is 0 Å². The van der Waals surface area contributed by atoms with Crippen molar-refractivity contribution in [1.29, 1.82) is 0 Å². The van der Waals surface area contributed by atoms with E-state index in [4.69, 9.17) is 4.74 Å². The Balaban J connectivity index is 1.43. The minimum atomic E-state index is -0.269. The van der Waals surface area contributed by atoms with Crippen molar-refractivity contribution in [2.24, 2.45) is 11.8 Å². The molecule has 1 nitrogen and oxygen atoms in total. The van der Waals surface area contributed by atoms with Gasteiger partial charge in [0.25, 0.3) is 0 Å². The molecular weight excluding hydrogens is 378 g/mol. The molecule has 4 atom stereocenters. The van der Waals surface area contributed by atoms with Gasteiger partial charge in [0.05, 0.1) is 6.10 Å². The van der Waals surface area contributed by atoms with Crippen LogP contribution in [0.3, 0.4) is 0 Å². The molecule has 2 aromatic carbocycles. The van der Waals surface area contributed by atoms with E-state index in [0.717, 1.165) is 37.4 Å². The Hall–Kier alpha value is -2.18. The molecule has 158 valence electrons. The predicted octanol–water partition coefficient (Wildman–Crippen LogP) is 6.76. The maximum absolute atomic E-state index is 14.9. The van der Waals surface area contributed by atoms with Gasteiger partial charge in [-0.15, -0.1) is 0 Å². The number of ether oxygens (including phenoxy) is 1. The highest BCUT2D eigenvalue weighted by molar-refractivity contribution is 5.45. The normalized spacial score (nSPS) is 25.9. The van der Waals surface area contributed by atoms with Gasteiger partial charge < -0.3 is 4.74 Å². The minimum absolute atomic E-state index is 0.164. The monoisotopic (exact) mass is 408 g/mol. The first-order valence-corrected chi connectivity index (χ1v) is 11.2. The van der Waals surface area contributed by atoms with Crippen molar-refractivity contribution in [1.82, 2.24) is 0 Å². The molecule has 2 saturated carbocycles. The summed E-state index contributed by atoms with van der Waals surface area (Å²) in [7, 11) is 0. The first kappa shape index (κ1) is 21.1. The smallest absolute Gasteiger partial charge is 0.127 e. The fourth-order valence-corrected chi connectivity index (χ4v) is 5.27. The van der Waals surface area contributed by atoms with Crippen LogP contribution in [-0.2, 0) is 4.74 Å². The highest BCUT2D eigenvalue weighted by Gasteiger charge is 2.36. The zero-order valence-electron chi connectivity index (χ0n) is 17.9. The Bertz CT molecular complexity index is 955. The number of halogens is 2. The summed E-state index contributed by atoms with van der Waals surface area (Å²) in [5.41, 5.74) is 2.65. The van der Waals surface area contributed by atoms with Crippen molar-refractivity contribution < 1.29 is 13.5 Å². The first-order chi connectivity index (χ1) is 14.5. The quantitative estimate of drug-likeness (QED) is 0.510. The van der Waals surface area contributed by atoms with Crippen LogP contribution in [0.5, 0.6) is 0 Å². The standard InChI is InChI=1S/C27H30F2O/c1-3-30-24-12-11-21-16-23(10-9-22(21)17-24)25-13-8-20(15-27(25)29)7-6-19-5-4-18(2)26(28)14-19/h4-5,8,13-15,21-24H,3,9-12,16-17H2,1-2H3. The third-order valence-electron chi connectivity index (χ3n) is 6.93. The third kappa shape index (κ3) is 4.76. The van der Waals surface area contributed by atoms with Crippen molar-refractivity contribution in [2.45, 2.75) is 64.4 Å². The van der Waals surface area contributed by atoms with Crippen LogP contribution in [0, 0.1) is 42.2 Å². The first-order valence-electron chi connectivity index (χ1n) is 11.2. The highest BCUT2D eigenvalue weighted by atomic mass is 19.1. The lowest BCUT2D eigenvalue weighted by atomic mass is 9.65. The van der Waals surface area contributed by atoms with Gasteiger partial charge in [-0.05, 0) is 106 Å². The Morgan fingerprint density at radius 2 is 1.53 bits per heavy atom. The summed E-state index contributed by atoms with van der Waals surface area (Å²) in [6.07, 6.45) is 7.21. The Morgan fingerprint density at radius 1 is 0.867 bits per heavy atom. The average Bonchev–Trinajstić information content (AvgIpc) is 2.74. The van der Waals surface area contributed by atoms with E-state index in [-0.39, 0.29) is 11.6 Å². The zero-order chi connectivity index (χ0) is 21.1. The number of hydrogen-bond donors (Lipinski definition) is 0. The molecule has 3 heteroatoms. The number of hydrogen-bond acceptors (Lipinski definition) is 1. The van der Waals surface area contributed by atoms with E-state index in [0.29, 0.717) is 34.6 Å². The van der Waals surface area contributed by atoms with Gasteiger partial charge in [0.15, 0.2) is 0 Å². The molecule has 0 saturated heterocycles. The summed E-state index contributed by atoms with van der Waals surface area (Å²) < 4.78 is 34.4. The molecule has 30 heavy (non-hydrogen) atoms. The van der Waals surface area contributed by atoms with E-state index in [9.17, 15) is 8.78 Å². The largest absolute Gasteiger partial charge is 0.378 e. The van der Waals surface area contributed by atoms with Gasteiger partial charge in [-0.1, -0.05) is 24.0 Å². The van der Waals surface area contributed by atoms with Crippen LogP contribution in [0.15, 0.2) is 36.4 Å². The summed E-state index contributed by atoms with van der Waals surface area (Å²) in [5.74, 6) is 7.19. The van der Waals surface area contributed by atoms with Gasteiger partial charge in [0, 0.05) is 17.7 Å². The van der Waals surface area contributed by atoms with Crippen molar-refractivity contribution in [3.8, 4) is 11.8 Å². The van der Waals surface area contributed by atoms with Gasteiger partial charge in [-0.3, -0.25) is 0 Å². The molecular formula is C27H30F2O. The fourth-order valence-electron chi connectivity index (χ4n) is 5.27. The second-order valence-corrected chi connectivity index (χ2v) is 8.87.